The summed E-state index contributed by atoms with van der Waals surface area (Å²) in [5.41, 5.74) is 9.15. The Bertz CT molecular complexity index is 584. The van der Waals surface area contributed by atoms with E-state index in [-0.39, 0.29) is 0 Å². The second-order valence-corrected chi connectivity index (χ2v) is 4.63. The van der Waals surface area contributed by atoms with E-state index in [1.165, 1.54) is 18.5 Å². The number of benzene rings is 1. The number of carbonyl (C=O) groups excluding carboxylic acids is 1. The van der Waals surface area contributed by atoms with Crippen LogP contribution in [0.15, 0.2) is 30.6 Å². The molecule has 92 valence electrons. The van der Waals surface area contributed by atoms with Crippen molar-refractivity contribution in [1.82, 2.24) is 9.55 Å². The minimum absolute atomic E-state index is 0.395. The first-order valence-electron chi connectivity index (χ1n) is 6.20. The lowest BCUT2D eigenvalue weighted by atomic mass is 10.0. The van der Waals surface area contributed by atoms with E-state index < -0.39 is 5.91 Å². The molecule has 2 aromatic rings. The van der Waals surface area contributed by atoms with Gasteiger partial charge in [-0.05, 0) is 31.4 Å². The van der Waals surface area contributed by atoms with Crippen LogP contribution < -0.4 is 5.73 Å². The molecule has 1 aromatic heterocycles. The number of hydrogen-bond donors (Lipinski definition) is 1. The first-order valence-corrected chi connectivity index (χ1v) is 6.20. The Morgan fingerprint density at radius 3 is 2.72 bits per heavy atom. The quantitative estimate of drug-likeness (QED) is 0.874. The minimum atomic E-state index is -0.395. The van der Waals surface area contributed by atoms with E-state index in [1.54, 1.807) is 12.1 Å². The standard InChI is InChI=1S/C14H15N3O/c15-14(18)11-6-4-10(5-7-11)13-12-3-1-2-8-17(12)9-16-13/h4-7,9H,1-3,8H2,(H2,15,18). The molecule has 0 saturated carbocycles. The minimum Gasteiger partial charge on any atom is -0.366 e. The highest BCUT2D eigenvalue weighted by atomic mass is 16.1. The van der Waals surface area contributed by atoms with Gasteiger partial charge in [-0.3, -0.25) is 4.79 Å². The van der Waals surface area contributed by atoms with Gasteiger partial charge in [0.15, 0.2) is 0 Å². The third-order valence-corrected chi connectivity index (χ3v) is 3.45. The molecule has 0 bridgehead atoms. The van der Waals surface area contributed by atoms with Crippen molar-refractivity contribution in [3.8, 4) is 11.3 Å². The van der Waals surface area contributed by atoms with Crippen LogP contribution in [0.1, 0.15) is 28.9 Å². The van der Waals surface area contributed by atoms with Gasteiger partial charge in [-0.2, -0.15) is 0 Å². The van der Waals surface area contributed by atoms with Crippen LogP contribution in [0.5, 0.6) is 0 Å². The number of hydrogen-bond acceptors (Lipinski definition) is 2. The number of nitrogens with two attached hydrogens (primary N) is 1. The van der Waals surface area contributed by atoms with Crippen molar-refractivity contribution in [2.75, 3.05) is 0 Å². The number of aryl methyl sites for hydroxylation is 1. The molecule has 0 unspecified atom stereocenters. The molecule has 0 radical (unpaired) electrons. The van der Waals surface area contributed by atoms with E-state index in [0.29, 0.717) is 5.56 Å². The van der Waals surface area contributed by atoms with Crippen LogP contribution in [0, 0.1) is 0 Å². The summed E-state index contributed by atoms with van der Waals surface area (Å²) in [6, 6.07) is 7.34. The van der Waals surface area contributed by atoms with Crippen LogP contribution in [0.3, 0.4) is 0 Å². The van der Waals surface area contributed by atoms with Gasteiger partial charge in [-0.1, -0.05) is 12.1 Å². The number of amides is 1. The summed E-state index contributed by atoms with van der Waals surface area (Å²) in [7, 11) is 0. The van der Waals surface area contributed by atoms with Gasteiger partial charge in [0.25, 0.3) is 0 Å². The molecule has 0 spiro atoms. The SMILES string of the molecule is NC(=O)c1ccc(-c2ncn3c2CCCC3)cc1. The first kappa shape index (κ1) is 11.0. The molecule has 18 heavy (non-hydrogen) atoms. The Kier molecular flexibility index (Phi) is 2.63. The molecule has 1 aliphatic rings. The zero-order valence-electron chi connectivity index (χ0n) is 10.1. The lowest BCUT2D eigenvalue weighted by Crippen LogP contribution is -2.10. The van der Waals surface area contributed by atoms with E-state index in [1.807, 2.05) is 18.5 Å². The Hall–Kier alpha value is -2.10. The normalized spacial score (nSPS) is 14.2. The predicted molar refractivity (Wildman–Crippen MR) is 69.1 cm³/mol. The molecular formula is C14H15N3O. The first-order chi connectivity index (χ1) is 8.75. The van der Waals surface area contributed by atoms with Crippen LogP contribution in [0.4, 0.5) is 0 Å². The zero-order valence-corrected chi connectivity index (χ0v) is 10.1. The molecule has 4 nitrogen and oxygen atoms in total. The molecule has 1 aromatic carbocycles. The highest BCUT2D eigenvalue weighted by Crippen LogP contribution is 2.26. The van der Waals surface area contributed by atoms with Crippen LogP contribution in [-0.2, 0) is 13.0 Å². The Labute approximate surface area is 105 Å². The largest absolute Gasteiger partial charge is 0.366 e. The van der Waals surface area contributed by atoms with Crippen molar-refractivity contribution >= 4 is 5.91 Å². The number of primary amides is 1. The summed E-state index contributed by atoms with van der Waals surface area (Å²) in [6.45, 7) is 1.06. The second kappa shape index (κ2) is 4.29. The van der Waals surface area contributed by atoms with Gasteiger partial charge in [0.1, 0.15) is 0 Å². The van der Waals surface area contributed by atoms with Gasteiger partial charge in [-0.15, -0.1) is 0 Å². The molecule has 2 N–H and O–H groups in total. The number of fused-ring (bicyclic) bond motifs is 1. The topological polar surface area (TPSA) is 60.9 Å². The average molecular weight is 241 g/mol. The van der Waals surface area contributed by atoms with Gasteiger partial charge >= 0.3 is 0 Å². The van der Waals surface area contributed by atoms with E-state index in [0.717, 1.165) is 24.2 Å². The van der Waals surface area contributed by atoms with Gasteiger partial charge in [0.2, 0.25) is 5.91 Å². The molecule has 1 amide bonds. The summed E-state index contributed by atoms with van der Waals surface area (Å²) >= 11 is 0. The molecule has 0 saturated heterocycles. The summed E-state index contributed by atoms with van der Waals surface area (Å²) < 4.78 is 2.22. The molecule has 4 heteroatoms. The van der Waals surface area contributed by atoms with Crippen molar-refractivity contribution in [2.45, 2.75) is 25.8 Å². The summed E-state index contributed by atoms with van der Waals surface area (Å²) in [6.07, 6.45) is 5.43. The molecule has 2 heterocycles. The highest BCUT2D eigenvalue weighted by molar-refractivity contribution is 5.93. The number of nitrogens with zero attached hydrogens (tertiary/aromatic N) is 2. The third kappa shape index (κ3) is 1.79. The molecule has 1 aliphatic heterocycles. The maximum atomic E-state index is 11.0. The van der Waals surface area contributed by atoms with E-state index in [9.17, 15) is 4.79 Å². The lowest BCUT2D eigenvalue weighted by molar-refractivity contribution is 0.100. The molecule has 0 atom stereocenters. The monoisotopic (exact) mass is 241 g/mol. The Morgan fingerprint density at radius 1 is 1.22 bits per heavy atom. The maximum absolute atomic E-state index is 11.0. The maximum Gasteiger partial charge on any atom is 0.248 e. The van der Waals surface area contributed by atoms with Crippen LogP contribution in [0.25, 0.3) is 11.3 Å². The fourth-order valence-corrected chi connectivity index (χ4v) is 2.47. The number of imidazole rings is 1. The molecular weight excluding hydrogens is 226 g/mol. The third-order valence-electron chi connectivity index (χ3n) is 3.45. The smallest absolute Gasteiger partial charge is 0.248 e. The van der Waals surface area contributed by atoms with Gasteiger partial charge in [0.05, 0.1) is 12.0 Å². The fraction of sp³-hybridized carbons (Fsp3) is 0.286. The predicted octanol–water partition coefficient (Wildman–Crippen LogP) is 1.99. The van der Waals surface area contributed by atoms with Crippen molar-refractivity contribution in [2.24, 2.45) is 5.73 Å². The highest BCUT2D eigenvalue weighted by Gasteiger charge is 2.15. The van der Waals surface area contributed by atoms with E-state index in [4.69, 9.17) is 5.73 Å². The van der Waals surface area contributed by atoms with E-state index >= 15 is 0 Å². The lowest BCUT2D eigenvalue weighted by Gasteiger charge is -2.15. The van der Waals surface area contributed by atoms with Crippen molar-refractivity contribution in [3.05, 3.63) is 41.9 Å². The van der Waals surface area contributed by atoms with Crippen LogP contribution >= 0.6 is 0 Å². The summed E-state index contributed by atoms with van der Waals surface area (Å²) in [5, 5.41) is 0. The fourth-order valence-electron chi connectivity index (χ4n) is 2.47. The summed E-state index contributed by atoms with van der Waals surface area (Å²) in [5.74, 6) is -0.395. The second-order valence-electron chi connectivity index (χ2n) is 4.63. The van der Waals surface area contributed by atoms with Gasteiger partial charge < -0.3 is 10.3 Å². The molecule has 3 rings (SSSR count). The molecule has 0 aliphatic carbocycles. The number of aromatic nitrogens is 2. The average Bonchev–Trinajstić information content (AvgIpc) is 2.82. The van der Waals surface area contributed by atoms with Crippen LogP contribution in [0.2, 0.25) is 0 Å². The zero-order chi connectivity index (χ0) is 12.5. The number of rotatable bonds is 2. The van der Waals surface area contributed by atoms with Crippen molar-refractivity contribution in [1.29, 1.82) is 0 Å². The van der Waals surface area contributed by atoms with E-state index in [2.05, 4.69) is 9.55 Å². The van der Waals surface area contributed by atoms with Crippen LogP contribution in [-0.4, -0.2) is 15.5 Å². The van der Waals surface area contributed by atoms with Gasteiger partial charge in [0, 0.05) is 23.4 Å². The van der Waals surface area contributed by atoms with Crippen molar-refractivity contribution < 1.29 is 4.79 Å². The Morgan fingerprint density at radius 2 is 2.00 bits per heavy atom. The molecule has 0 fully saturated rings. The number of carbonyl (C=O) groups is 1. The van der Waals surface area contributed by atoms with Crippen molar-refractivity contribution in [3.63, 3.8) is 0 Å². The van der Waals surface area contributed by atoms with Gasteiger partial charge in [-0.25, -0.2) is 4.98 Å². The summed E-state index contributed by atoms with van der Waals surface area (Å²) in [4.78, 5) is 15.5. The Balaban J connectivity index is 1.99.